The van der Waals surface area contributed by atoms with E-state index in [1.165, 1.54) is 23.9 Å². The lowest BCUT2D eigenvalue weighted by Crippen LogP contribution is -2.38. The molecule has 0 bridgehead atoms. The number of carbonyl (C=O) groups is 2. The summed E-state index contributed by atoms with van der Waals surface area (Å²) in [5.41, 5.74) is 1.61. The fourth-order valence-electron chi connectivity index (χ4n) is 4.89. The van der Waals surface area contributed by atoms with Crippen LogP contribution in [0, 0.1) is 0 Å². The molecule has 1 saturated heterocycles. The van der Waals surface area contributed by atoms with Gasteiger partial charge in [-0.25, -0.2) is 9.79 Å². The molecule has 6 nitrogen and oxygen atoms in total. The van der Waals surface area contributed by atoms with Crippen LogP contribution in [-0.4, -0.2) is 46.5 Å². The molecule has 0 spiro atoms. The second-order valence-electron chi connectivity index (χ2n) is 9.13. The zero-order chi connectivity index (χ0) is 26.9. The number of rotatable bonds is 6. The number of aliphatic imine (C=N–C) groups is 1. The average molecular weight is 542 g/mol. The number of likely N-dealkylation sites (tertiary alicyclic amines) is 1. The molecule has 0 saturated carbocycles. The van der Waals surface area contributed by atoms with Crippen molar-refractivity contribution in [1.82, 2.24) is 9.80 Å². The highest BCUT2D eigenvalue weighted by Crippen LogP contribution is 2.47. The predicted molar refractivity (Wildman–Crippen MR) is 140 cm³/mol. The first-order valence-electron chi connectivity index (χ1n) is 12.4. The first kappa shape index (κ1) is 26.1. The van der Waals surface area contributed by atoms with Crippen LogP contribution in [0.4, 0.5) is 13.2 Å². The number of hydrogen-bond acceptors (Lipinski definition) is 6. The van der Waals surface area contributed by atoms with Crippen LogP contribution in [0.25, 0.3) is 5.70 Å². The Hall–Kier alpha value is -3.53. The van der Waals surface area contributed by atoms with Crippen LogP contribution in [0.5, 0.6) is 0 Å². The van der Waals surface area contributed by atoms with Crippen molar-refractivity contribution in [2.75, 3.05) is 19.7 Å². The molecule has 3 aliphatic rings. The van der Waals surface area contributed by atoms with Crippen LogP contribution in [0.3, 0.4) is 0 Å². The Kier molecular flexibility index (Phi) is 7.34. The van der Waals surface area contributed by atoms with Crippen molar-refractivity contribution in [3.05, 3.63) is 88.0 Å². The Morgan fingerprint density at radius 3 is 2.37 bits per heavy atom. The molecule has 2 aromatic rings. The molecule has 0 radical (unpaired) electrons. The minimum absolute atomic E-state index is 0.0303. The Bertz CT molecular complexity index is 1310. The summed E-state index contributed by atoms with van der Waals surface area (Å²) in [6.45, 7) is 3.21. The van der Waals surface area contributed by atoms with E-state index in [4.69, 9.17) is 9.73 Å². The van der Waals surface area contributed by atoms with E-state index in [-0.39, 0.29) is 24.5 Å². The topological polar surface area (TPSA) is 62.2 Å². The molecule has 0 N–H and O–H groups in total. The highest BCUT2D eigenvalue weighted by molar-refractivity contribution is 8.16. The van der Waals surface area contributed by atoms with E-state index in [2.05, 4.69) is 0 Å². The third kappa shape index (κ3) is 5.09. The Morgan fingerprint density at radius 1 is 1.05 bits per heavy atom. The van der Waals surface area contributed by atoms with Crippen LogP contribution < -0.4 is 0 Å². The van der Waals surface area contributed by atoms with Gasteiger partial charge in [0.2, 0.25) is 5.91 Å². The van der Waals surface area contributed by atoms with Gasteiger partial charge in [-0.05, 0) is 42.9 Å². The highest BCUT2D eigenvalue weighted by Gasteiger charge is 2.43. The largest absolute Gasteiger partial charge is 0.463 e. The molecule has 1 amide bonds. The third-order valence-corrected chi connectivity index (χ3v) is 7.59. The monoisotopic (exact) mass is 541 g/mol. The normalized spacial score (nSPS) is 19.3. The van der Waals surface area contributed by atoms with Gasteiger partial charge in [-0.2, -0.15) is 13.2 Å². The fourth-order valence-corrected chi connectivity index (χ4v) is 5.81. The van der Waals surface area contributed by atoms with E-state index >= 15 is 0 Å². The summed E-state index contributed by atoms with van der Waals surface area (Å²) in [7, 11) is 0. The zero-order valence-electron chi connectivity index (χ0n) is 20.7. The average Bonchev–Trinajstić information content (AvgIpc) is 3.59. The number of benzene rings is 2. The zero-order valence-corrected chi connectivity index (χ0v) is 21.5. The predicted octanol–water partition coefficient (Wildman–Crippen LogP) is 5.99. The van der Waals surface area contributed by atoms with Crippen LogP contribution in [-0.2, 0) is 20.5 Å². The number of halogens is 3. The molecule has 2 aromatic carbocycles. The van der Waals surface area contributed by atoms with Gasteiger partial charge >= 0.3 is 12.1 Å². The first-order chi connectivity index (χ1) is 18.3. The number of carbonyl (C=O) groups excluding carboxylic acids is 2. The van der Waals surface area contributed by atoms with Gasteiger partial charge in [0.25, 0.3) is 0 Å². The van der Waals surface area contributed by atoms with Crippen LogP contribution in [0.15, 0.2) is 76.3 Å². The van der Waals surface area contributed by atoms with E-state index in [9.17, 15) is 22.8 Å². The van der Waals surface area contributed by atoms with Crippen LogP contribution >= 0.6 is 11.8 Å². The lowest BCUT2D eigenvalue weighted by molar-refractivity contribution is -0.139. The molecule has 1 fully saturated rings. The molecule has 198 valence electrons. The lowest BCUT2D eigenvalue weighted by atomic mass is 9.91. The van der Waals surface area contributed by atoms with Gasteiger partial charge in [-0.3, -0.25) is 4.79 Å². The number of alkyl halides is 3. The standard InChI is InChI=1S/C28H26F3N3O3S/c1-2-37-26(36)23-24(18-8-4-3-5-9-18)32-27-34(21(17-38-27)16-22(35)33-14-6-7-15-33)25(23)19-10-12-20(13-11-19)28(29,30)31/h3-5,8-13,17,25H,2,6-7,14-16H2,1H3/t25-/m0/s1. The summed E-state index contributed by atoms with van der Waals surface area (Å²) >= 11 is 1.33. The first-order valence-corrected chi connectivity index (χ1v) is 13.3. The summed E-state index contributed by atoms with van der Waals surface area (Å²) in [4.78, 5) is 34.9. The Balaban J connectivity index is 1.63. The number of amides is 1. The van der Waals surface area contributed by atoms with Crippen LogP contribution in [0.1, 0.15) is 48.9 Å². The maximum atomic E-state index is 13.5. The number of hydrogen-bond donors (Lipinski definition) is 0. The van der Waals surface area contributed by atoms with Gasteiger partial charge in [-0.1, -0.05) is 54.2 Å². The summed E-state index contributed by atoms with van der Waals surface area (Å²) in [6, 6.07) is 13.1. The molecule has 10 heteroatoms. The van der Waals surface area contributed by atoms with Crippen molar-refractivity contribution in [2.24, 2.45) is 4.99 Å². The lowest BCUT2D eigenvalue weighted by Gasteiger charge is -2.37. The van der Waals surface area contributed by atoms with Gasteiger partial charge in [0, 0.05) is 24.4 Å². The van der Waals surface area contributed by atoms with Gasteiger partial charge in [-0.15, -0.1) is 0 Å². The molecular weight excluding hydrogens is 515 g/mol. The van der Waals surface area contributed by atoms with Gasteiger partial charge in [0.15, 0.2) is 5.17 Å². The van der Waals surface area contributed by atoms with Crippen molar-refractivity contribution < 1.29 is 27.5 Å². The van der Waals surface area contributed by atoms with Crippen molar-refractivity contribution >= 4 is 34.5 Å². The SMILES string of the molecule is CCOC(=O)C1=C(c2ccccc2)N=C2SC=C(CC(=O)N3CCCC3)N2[C@H]1c1ccc(C(F)(F)F)cc1. The van der Waals surface area contributed by atoms with Crippen molar-refractivity contribution in [3.63, 3.8) is 0 Å². The van der Waals surface area contributed by atoms with E-state index in [0.29, 0.717) is 40.8 Å². The third-order valence-electron chi connectivity index (χ3n) is 6.70. The molecule has 5 rings (SSSR count). The second kappa shape index (κ2) is 10.7. The number of ether oxygens (including phenoxy) is 1. The minimum Gasteiger partial charge on any atom is -0.463 e. The molecular formula is C28H26F3N3O3S. The van der Waals surface area contributed by atoms with Gasteiger partial charge < -0.3 is 14.5 Å². The van der Waals surface area contributed by atoms with E-state index in [0.717, 1.165) is 25.0 Å². The second-order valence-corrected chi connectivity index (χ2v) is 9.96. The summed E-state index contributed by atoms with van der Waals surface area (Å²) in [5.74, 6) is -0.640. The molecule has 3 aliphatic heterocycles. The van der Waals surface area contributed by atoms with Crippen LogP contribution in [0.2, 0.25) is 0 Å². The van der Waals surface area contributed by atoms with Gasteiger partial charge in [0.05, 0.1) is 35.9 Å². The smallest absolute Gasteiger partial charge is 0.416 e. The number of amidine groups is 1. The summed E-state index contributed by atoms with van der Waals surface area (Å²) in [6.07, 6.45) is -2.48. The van der Waals surface area contributed by atoms with E-state index < -0.39 is 23.8 Å². The fraction of sp³-hybridized carbons (Fsp3) is 0.321. The van der Waals surface area contributed by atoms with Crippen molar-refractivity contribution in [3.8, 4) is 0 Å². The number of fused-ring (bicyclic) bond motifs is 1. The maximum Gasteiger partial charge on any atom is 0.416 e. The molecule has 1 atom stereocenters. The number of esters is 1. The Labute approximate surface area is 222 Å². The summed E-state index contributed by atoms with van der Waals surface area (Å²) in [5, 5.41) is 2.38. The van der Waals surface area contributed by atoms with Crippen molar-refractivity contribution in [1.29, 1.82) is 0 Å². The molecule has 0 aliphatic carbocycles. The molecule has 3 heterocycles. The Morgan fingerprint density at radius 2 is 1.74 bits per heavy atom. The molecule has 0 unspecified atom stereocenters. The minimum atomic E-state index is -4.50. The van der Waals surface area contributed by atoms with E-state index in [1.54, 1.807) is 11.8 Å². The van der Waals surface area contributed by atoms with Gasteiger partial charge in [0.1, 0.15) is 0 Å². The van der Waals surface area contributed by atoms with Crippen molar-refractivity contribution in [2.45, 2.75) is 38.4 Å². The summed E-state index contributed by atoms with van der Waals surface area (Å²) < 4.78 is 45.5. The maximum absolute atomic E-state index is 13.5. The molecule has 38 heavy (non-hydrogen) atoms. The highest BCUT2D eigenvalue weighted by atomic mass is 32.2. The van der Waals surface area contributed by atoms with E-state index in [1.807, 2.05) is 40.6 Å². The quantitative estimate of drug-likeness (QED) is 0.421. The number of nitrogens with zero attached hydrogens (tertiary/aromatic N) is 3. The molecule has 0 aromatic heterocycles. The number of thioether (sulfide) groups is 1.